The number of halogens is 2. The van der Waals surface area contributed by atoms with Crippen molar-refractivity contribution in [2.75, 3.05) is 6.61 Å². The SMILES string of the molecule is CC(C)(C)OC(=O)N/C=C\C(=N)OCC1(C)CC1(F)F. The molecule has 0 aliphatic heterocycles. The minimum Gasteiger partial charge on any atom is -0.477 e. The molecule has 0 heterocycles. The Hall–Kier alpha value is -1.66. The molecule has 1 aliphatic carbocycles. The summed E-state index contributed by atoms with van der Waals surface area (Å²) in [5, 5.41) is 9.69. The third-order valence-corrected chi connectivity index (χ3v) is 2.75. The number of hydrogen-bond acceptors (Lipinski definition) is 4. The lowest BCUT2D eigenvalue weighted by Crippen LogP contribution is -2.29. The Labute approximate surface area is 116 Å². The van der Waals surface area contributed by atoms with Gasteiger partial charge in [0.1, 0.15) is 12.2 Å². The first kappa shape index (κ1) is 16.4. The molecule has 1 fully saturated rings. The van der Waals surface area contributed by atoms with E-state index in [9.17, 15) is 13.6 Å². The van der Waals surface area contributed by atoms with Gasteiger partial charge in [-0.15, -0.1) is 0 Å². The normalized spacial score (nSPS) is 24.3. The fraction of sp³-hybridized carbons (Fsp3) is 0.692. The van der Waals surface area contributed by atoms with Crippen LogP contribution in [0.15, 0.2) is 12.3 Å². The third-order valence-electron chi connectivity index (χ3n) is 2.75. The van der Waals surface area contributed by atoms with E-state index in [1.54, 1.807) is 20.8 Å². The Morgan fingerprint density at radius 3 is 2.45 bits per heavy atom. The second kappa shape index (κ2) is 5.38. The number of ether oxygens (including phenoxy) is 2. The van der Waals surface area contributed by atoms with E-state index in [2.05, 4.69) is 5.32 Å². The molecule has 5 nitrogen and oxygen atoms in total. The van der Waals surface area contributed by atoms with E-state index in [0.717, 1.165) is 6.08 Å². The van der Waals surface area contributed by atoms with E-state index in [0.29, 0.717) is 0 Å². The van der Waals surface area contributed by atoms with E-state index in [4.69, 9.17) is 14.9 Å². The molecule has 0 aromatic carbocycles. The van der Waals surface area contributed by atoms with Crippen LogP contribution in [0.4, 0.5) is 13.6 Å². The molecular weight excluding hydrogens is 270 g/mol. The van der Waals surface area contributed by atoms with Crippen LogP contribution >= 0.6 is 0 Å². The molecule has 0 aromatic rings. The molecule has 7 heteroatoms. The van der Waals surface area contributed by atoms with Crippen LogP contribution in [0.25, 0.3) is 0 Å². The highest BCUT2D eigenvalue weighted by Crippen LogP contribution is 2.60. The Morgan fingerprint density at radius 1 is 1.45 bits per heavy atom. The maximum Gasteiger partial charge on any atom is 0.411 e. The molecule has 1 unspecified atom stereocenters. The highest BCUT2D eigenvalue weighted by molar-refractivity contribution is 5.85. The van der Waals surface area contributed by atoms with Gasteiger partial charge in [-0.25, -0.2) is 13.6 Å². The lowest BCUT2D eigenvalue weighted by atomic mass is 10.1. The Bertz CT molecular complexity index is 430. The predicted molar refractivity (Wildman–Crippen MR) is 69.9 cm³/mol. The predicted octanol–water partition coefficient (Wildman–Crippen LogP) is 3.06. The van der Waals surface area contributed by atoms with Gasteiger partial charge in [0.15, 0.2) is 0 Å². The summed E-state index contributed by atoms with van der Waals surface area (Å²) < 4.78 is 35.7. The van der Waals surface area contributed by atoms with Crippen molar-refractivity contribution in [1.82, 2.24) is 5.32 Å². The molecule has 2 N–H and O–H groups in total. The fourth-order valence-electron chi connectivity index (χ4n) is 1.38. The molecule has 1 amide bonds. The fourth-order valence-corrected chi connectivity index (χ4v) is 1.38. The van der Waals surface area contributed by atoms with E-state index in [-0.39, 0.29) is 18.9 Å². The number of hydrogen-bond donors (Lipinski definition) is 2. The van der Waals surface area contributed by atoms with Gasteiger partial charge in [0.05, 0.1) is 5.41 Å². The van der Waals surface area contributed by atoms with Gasteiger partial charge in [0.2, 0.25) is 5.90 Å². The molecule has 0 spiro atoms. The van der Waals surface area contributed by atoms with Gasteiger partial charge in [-0.05, 0) is 20.8 Å². The minimum atomic E-state index is -2.72. The number of rotatable bonds is 4. The van der Waals surface area contributed by atoms with E-state index < -0.39 is 23.0 Å². The zero-order valence-electron chi connectivity index (χ0n) is 12.0. The average Bonchev–Trinajstić information content (AvgIpc) is 2.73. The molecule has 0 radical (unpaired) electrons. The van der Waals surface area contributed by atoms with E-state index in [1.807, 2.05) is 0 Å². The second-order valence-corrected chi connectivity index (χ2v) is 6.07. The molecule has 1 atom stereocenters. The van der Waals surface area contributed by atoms with Gasteiger partial charge >= 0.3 is 6.09 Å². The van der Waals surface area contributed by atoms with Crippen LogP contribution in [0, 0.1) is 10.8 Å². The van der Waals surface area contributed by atoms with Crippen LogP contribution < -0.4 is 5.32 Å². The molecule has 0 saturated heterocycles. The third kappa shape index (κ3) is 4.79. The van der Waals surface area contributed by atoms with Crippen LogP contribution in [0.3, 0.4) is 0 Å². The number of amides is 1. The monoisotopic (exact) mass is 290 g/mol. The first-order valence-electron chi connectivity index (χ1n) is 6.20. The molecular formula is C13H20F2N2O3. The van der Waals surface area contributed by atoms with Crippen molar-refractivity contribution in [3.8, 4) is 0 Å². The molecule has 0 bridgehead atoms. The average molecular weight is 290 g/mol. The standard InChI is InChI=1S/C13H20F2N2O3/c1-11(2,3)20-10(18)17-6-5-9(16)19-8-12(4)7-13(12,14)15/h5-6,16H,7-8H2,1-4H3,(H,17,18)/b6-5-,16-9?. The zero-order valence-corrected chi connectivity index (χ0v) is 12.0. The summed E-state index contributed by atoms with van der Waals surface area (Å²) in [6, 6.07) is 0. The summed E-state index contributed by atoms with van der Waals surface area (Å²) in [6.45, 7) is 6.34. The van der Waals surface area contributed by atoms with Gasteiger partial charge < -0.3 is 9.47 Å². The molecule has 20 heavy (non-hydrogen) atoms. The largest absolute Gasteiger partial charge is 0.477 e. The second-order valence-electron chi connectivity index (χ2n) is 6.07. The summed E-state index contributed by atoms with van der Waals surface area (Å²) in [7, 11) is 0. The van der Waals surface area contributed by atoms with Crippen molar-refractivity contribution in [2.24, 2.45) is 5.41 Å². The Morgan fingerprint density at radius 2 is 2.00 bits per heavy atom. The van der Waals surface area contributed by atoms with Gasteiger partial charge in [-0.3, -0.25) is 10.7 Å². The summed E-state index contributed by atoms with van der Waals surface area (Å²) in [5.41, 5.74) is -1.81. The smallest absolute Gasteiger partial charge is 0.411 e. The number of carbonyl (C=O) groups excluding carboxylic acids is 1. The van der Waals surface area contributed by atoms with E-state index in [1.165, 1.54) is 13.1 Å². The van der Waals surface area contributed by atoms with Crippen LogP contribution in [0.5, 0.6) is 0 Å². The first-order chi connectivity index (χ1) is 8.95. The minimum absolute atomic E-state index is 0.227. The topological polar surface area (TPSA) is 71.4 Å². The summed E-state index contributed by atoms with van der Waals surface area (Å²) >= 11 is 0. The summed E-state index contributed by atoms with van der Waals surface area (Å²) in [6.07, 6.45) is 1.44. The quantitative estimate of drug-likeness (QED) is 0.617. The molecule has 1 aliphatic rings. The van der Waals surface area contributed by atoms with Gasteiger partial charge in [-0.1, -0.05) is 6.92 Å². The number of alkyl carbamates (subject to hydrolysis) is 1. The maximum absolute atomic E-state index is 12.9. The van der Waals surface area contributed by atoms with Crippen molar-refractivity contribution in [3.63, 3.8) is 0 Å². The lowest BCUT2D eigenvalue weighted by Gasteiger charge is -2.18. The first-order valence-corrected chi connectivity index (χ1v) is 6.20. The van der Waals surface area contributed by atoms with Crippen LogP contribution in [0.2, 0.25) is 0 Å². The highest BCUT2D eigenvalue weighted by atomic mass is 19.3. The van der Waals surface area contributed by atoms with Crippen LogP contribution in [0.1, 0.15) is 34.1 Å². The van der Waals surface area contributed by atoms with Gasteiger partial charge in [-0.2, -0.15) is 0 Å². The maximum atomic E-state index is 12.9. The number of alkyl halides is 2. The molecule has 114 valence electrons. The lowest BCUT2D eigenvalue weighted by molar-refractivity contribution is 0.0477. The van der Waals surface area contributed by atoms with Gasteiger partial charge in [0.25, 0.3) is 5.92 Å². The zero-order chi connectivity index (χ0) is 15.6. The van der Waals surface area contributed by atoms with Crippen molar-refractivity contribution in [2.45, 2.75) is 45.6 Å². The van der Waals surface area contributed by atoms with E-state index >= 15 is 0 Å². The van der Waals surface area contributed by atoms with Crippen molar-refractivity contribution in [3.05, 3.63) is 12.3 Å². The van der Waals surface area contributed by atoms with Crippen molar-refractivity contribution in [1.29, 1.82) is 5.41 Å². The summed E-state index contributed by atoms with van der Waals surface area (Å²) in [5.74, 6) is -3.02. The van der Waals surface area contributed by atoms with Gasteiger partial charge in [0, 0.05) is 18.7 Å². The van der Waals surface area contributed by atoms with Crippen molar-refractivity contribution >= 4 is 12.0 Å². The molecule has 1 saturated carbocycles. The number of carbonyl (C=O) groups is 1. The Kier molecular flexibility index (Phi) is 4.41. The molecule has 0 aromatic heterocycles. The highest BCUT2D eigenvalue weighted by Gasteiger charge is 2.68. The summed E-state index contributed by atoms with van der Waals surface area (Å²) in [4.78, 5) is 11.3. The van der Waals surface area contributed by atoms with Crippen LogP contribution in [-0.2, 0) is 9.47 Å². The van der Waals surface area contributed by atoms with Crippen molar-refractivity contribution < 1.29 is 23.0 Å². The Balaban J connectivity index is 2.26. The molecule has 1 rings (SSSR count). The van der Waals surface area contributed by atoms with Crippen LogP contribution in [-0.4, -0.2) is 30.1 Å². The number of nitrogens with one attached hydrogen (secondary N) is 2.